The van der Waals surface area contributed by atoms with Gasteiger partial charge < -0.3 is 4.55 Å². The molecule has 62 valence electrons. The first-order chi connectivity index (χ1) is 5.18. The van der Waals surface area contributed by atoms with Crippen LogP contribution in [0.1, 0.15) is 5.56 Å². The molecule has 11 heavy (non-hydrogen) atoms. The summed E-state index contributed by atoms with van der Waals surface area (Å²) in [5.41, 5.74) is 1.08. The van der Waals surface area contributed by atoms with Crippen molar-refractivity contribution in [2.24, 2.45) is 12.2 Å². The Balaban J connectivity index is 2.39. The molecule has 2 N–H and O–H groups in total. The summed E-state index contributed by atoms with van der Waals surface area (Å²) in [6, 6.07) is 0. The molecule has 5 heteroatoms. The molecule has 0 amide bonds. The fourth-order valence-electron chi connectivity index (χ4n) is 0.819. The lowest BCUT2D eigenvalue weighted by atomic mass is 10.3. The molecule has 0 bridgehead atoms. The lowest BCUT2D eigenvalue weighted by molar-refractivity contribution is 0.596. The van der Waals surface area contributed by atoms with Crippen molar-refractivity contribution in [1.29, 1.82) is 0 Å². The minimum Gasteiger partial charge on any atom is -0.598 e. The normalized spacial score (nSPS) is 13.4. The van der Waals surface area contributed by atoms with Gasteiger partial charge in [0.1, 0.15) is 5.75 Å². The molecule has 0 saturated carbocycles. The van der Waals surface area contributed by atoms with Gasteiger partial charge in [0.2, 0.25) is 0 Å². The molecule has 0 aliphatic carbocycles. The lowest BCUT2D eigenvalue weighted by Gasteiger charge is -2.00. The fraction of sp³-hybridized carbons (Fsp3) is 0.500. The summed E-state index contributed by atoms with van der Waals surface area (Å²) in [6.07, 6.45) is 4.39. The van der Waals surface area contributed by atoms with E-state index in [2.05, 4.69) is 5.10 Å². The Hall–Kier alpha value is -0.520. The number of aromatic nitrogens is 2. The average molecular weight is 173 g/mol. The number of rotatable bonds is 3. The summed E-state index contributed by atoms with van der Waals surface area (Å²) in [4.78, 5) is 0. The van der Waals surface area contributed by atoms with Crippen LogP contribution in [-0.4, -0.2) is 20.1 Å². The highest BCUT2D eigenvalue weighted by atomic mass is 32.2. The van der Waals surface area contributed by atoms with Gasteiger partial charge in [0, 0.05) is 31.0 Å². The fourth-order valence-corrected chi connectivity index (χ4v) is 1.26. The molecular weight excluding hydrogens is 162 g/mol. The first kappa shape index (κ1) is 8.58. The van der Waals surface area contributed by atoms with Crippen molar-refractivity contribution in [3.8, 4) is 0 Å². The number of aryl methyl sites for hydroxylation is 2. The van der Waals surface area contributed by atoms with Gasteiger partial charge in [0.15, 0.2) is 0 Å². The summed E-state index contributed by atoms with van der Waals surface area (Å²) in [5.74, 6) is 0.506. The minimum atomic E-state index is -1.19. The van der Waals surface area contributed by atoms with E-state index in [0.29, 0.717) is 5.75 Å². The zero-order valence-corrected chi connectivity index (χ0v) is 7.17. The molecule has 0 aliphatic rings. The van der Waals surface area contributed by atoms with Crippen LogP contribution >= 0.6 is 0 Å². The molecule has 0 aliphatic heterocycles. The van der Waals surface area contributed by atoms with Crippen LogP contribution < -0.4 is 5.14 Å². The number of nitrogens with zero attached hydrogens (tertiary/aromatic N) is 2. The van der Waals surface area contributed by atoms with Gasteiger partial charge in [-0.2, -0.15) is 10.2 Å². The van der Waals surface area contributed by atoms with E-state index in [0.717, 1.165) is 12.0 Å². The van der Waals surface area contributed by atoms with E-state index < -0.39 is 11.4 Å². The summed E-state index contributed by atoms with van der Waals surface area (Å²) >= 11 is -1.19. The van der Waals surface area contributed by atoms with E-state index in [9.17, 15) is 4.55 Å². The van der Waals surface area contributed by atoms with E-state index >= 15 is 0 Å². The monoisotopic (exact) mass is 173 g/mol. The first-order valence-corrected chi connectivity index (χ1v) is 4.67. The van der Waals surface area contributed by atoms with Gasteiger partial charge in [0.25, 0.3) is 0 Å². The largest absolute Gasteiger partial charge is 0.598 e. The molecule has 1 aromatic heterocycles. The van der Waals surface area contributed by atoms with Gasteiger partial charge in [-0.15, -0.1) is 0 Å². The molecule has 1 unspecified atom stereocenters. The Labute approximate surface area is 68.7 Å². The Kier molecular flexibility index (Phi) is 2.92. The molecule has 0 radical (unpaired) electrons. The van der Waals surface area contributed by atoms with Crippen LogP contribution in [0.5, 0.6) is 0 Å². The average Bonchev–Trinajstić information content (AvgIpc) is 2.31. The highest BCUT2D eigenvalue weighted by Gasteiger charge is 2.01. The topological polar surface area (TPSA) is 66.9 Å². The highest BCUT2D eigenvalue weighted by molar-refractivity contribution is 7.89. The quantitative estimate of drug-likeness (QED) is 0.631. The van der Waals surface area contributed by atoms with E-state index in [1.165, 1.54) is 0 Å². The standard InChI is InChI=1S/C6H11N3OS/c1-9-5-6(4-8-9)2-3-11(7)10/h4-5H,2-3,7H2,1H3. The minimum absolute atomic E-state index is 0.506. The predicted molar refractivity (Wildman–Crippen MR) is 44.1 cm³/mol. The van der Waals surface area contributed by atoms with Gasteiger partial charge in [-0.25, -0.2) is 0 Å². The first-order valence-electron chi connectivity index (χ1n) is 3.29. The molecule has 0 fully saturated rings. The van der Waals surface area contributed by atoms with Crippen molar-refractivity contribution in [2.45, 2.75) is 6.42 Å². The second-order valence-electron chi connectivity index (χ2n) is 2.36. The molecular formula is C6H11N3OS. The molecule has 1 aromatic rings. The van der Waals surface area contributed by atoms with Crippen LogP contribution in [0.4, 0.5) is 0 Å². The maximum absolute atomic E-state index is 10.5. The molecule has 1 atom stereocenters. The lowest BCUT2D eigenvalue weighted by Crippen LogP contribution is -2.17. The second kappa shape index (κ2) is 3.75. The number of nitrogens with two attached hydrogens (primary N) is 1. The summed E-state index contributed by atoms with van der Waals surface area (Å²) in [6.45, 7) is 0. The Morgan fingerprint density at radius 2 is 2.55 bits per heavy atom. The maximum Gasteiger partial charge on any atom is 0.129 e. The predicted octanol–water partition coefficient (Wildman–Crippen LogP) is -0.415. The third-order valence-electron chi connectivity index (χ3n) is 1.35. The molecule has 4 nitrogen and oxygen atoms in total. The van der Waals surface area contributed by atoms with E-state index in [-0.39, 0.29) is 0 Å². The Bertz CT molecular complexity index is 223. The third kappa shape index (κ3) is 2.92. The van der Waals surface area contributed by atoms with Crippen LogP contribution in [0.15, 0.2) is 12.4 Å². The smallest absolute Gasteiger partial charge is 0.129 e. The molecule has 1 heterocycles. The molecule has 0 spiro atoms. The summed E-state index contributed by atoms with van der Waals surface area (Å²) < 4.78 is 12.2. The zero-order chi connectivity index (χ0) is 8.27. The maximum atomic E-state index is 10.5. The highest BCUT2D eigenvalue weighted by Crippen LogP contribution is 1.98. The van der Waals surface area contributed by atoms with Gasteiger partial charge in [0.05, 0.1) is 6.20 Å². The molecule has 1 rings (SSSR count). The van der Waals surface area contributed by atoms with Crippen molar-refractivity contribution < 1.29 is 4.55 Å². The van der Waals surface area contributed by atoms with Crippen LogP contribution in [0.25, 0.3) is 0 Å². The number of hydrogen-bond donors (Lipinski definition) is 1. The van der Waals surface area contributed by atoms with E-state index in [1.807, 2.05) is 13.2 Å². The van der Waals surface area contributed by atoms with Gasteiger partial charge >= 0.3 is 0 Å². The van der Waals surface area contributed by atoms with Crippen LogP contribution in [-0.2, 0) is 24.8 Å². The van der Waals surface area contributed by atoms with Crippen molar-refractivity contribution in [1.82, 2.24) is 9.78 Å². The van der Waals surface area contributed by atoms with Crippen LogP contribution in [0, 0.1) is 0 Å². The van der Waals surface area contributed by atoms with Crippen LogP contribution in [0.2, 0.25) is 0 Å². The van der Waals surface area contributed by atoms with Crippen molar-refractivity contribution in [2.75, 3.05) is 5.75 Å². The molecule has 0 saturated heterocycles. The summed E-state index contributed by atoms with van der Waals surface area (Å²) in [7, 11) is 1.85. The van der Waals surface area contributed by atoms with Gasteiger partial charge in [-0.3, -0.25) is 4.68 Å². The van der Waals surface area contributed by atoms with Gasteiger partial charge in [-0.1, -0.05) is 0 Å². The SMILES string of the molecule is Cn1cc(CC[S+](N)[O-])cn1. The summed E-state index contributed by atoms with van der Waals surface area (Å²) in [5, 5.41) is 9.06. The van der Waals surface area contributed by atoms with Crippen molar-refractivity contribution >= 4 is 11.4 Å². The van der Waals surface area contributed by atoms with E-state index in [4.69, 9.17) is 5.14 Å². The van der Waals surface area contributed by atoms with Crippen molar-refractivity contribution in [3.63, 3.8) is 0 Å². The molecule has 0 aromatic carbocycles. The zero-order valence-electron chi connectivity index (χ0n) is 6.36. The second-order valence-corrected chi connectivity index (χ2v) is 3.53. The Morgan fingerprint density at radius 3 is 3.00 bits per heavy atom. The van der Waals surface area contributed by atoms with Crippen LogP contribution in [0.3, 0.4) is 0 Å². The third-order valence-corrected chi connectivity index (χ3v) is 1.96. The Morgan fingerprint density at radius 1 is 1.82 bits per heavy atom. The van der Waals surface area contributed by atoms with Gasteiger partial charge in [-0.05, 0) is 5.56 Å². The van der Waals surface area contributed by atoms with E-state index in [1.54, 1.807) is 10.9 Å². The van der Waals surface area contributed by atoms with Crippen molar-refractivity contribution in [3.05, 3.63) is 18.0 Å². The number of hydrogen-bond acceptors (Lipinski definition) is 3.